The van der Waals surface area contributed by atoms with Crippen LogP contribution in [0, 0.1) is 10.1 Å². The van der Waals surface area contributed by atoms with E-state index in [4.69, 9.17) is 9.84 Å². The molecule has 1 aromatic heterocycles. The SMILES string of the molecule is CCOC(=O)COc1ncc(C(=O)O)cc1[N+](=O)[O-]. The summed E-state index contributed by atoms with van der Waals surface area (Å²) in [5.41, 5.74) is -0.987. The zero-order valence-electron chi connectivity index (χ0n) is 9.86. The Morgan fingerprint density at radius 3 is 2.74 bits per heavy atom. The molecule has 0 spiro atoms. The maximum absolute atomic E-state index is 11.0. The van der Waals surface area contributed by atoms with Gasteiger partial charge in [0.15, 0.2) is 6.61 Å². The van der Waals surface area contributed by atoms with Crippen LogP contribution in [0.1, 0.15) is 17.3 Å². The topological polar surface area (TPSA) is 129 Å². The Morgan fingerprint density at radius 1 is 1.53 bits per heavy atom. The van der Waals surface area contributed by atoms with E-state index in [1.54, 1.807) is 6.92 Å². The number of aromatic carboxylic acids is 1. The van der Waals surface area contributed by atoms with Crippen molar-refractivity contribution >= 4 is 17.6 Å². The van der Waals surface area contributed by atoms with Crippen LogP contribution in [0.3, 0.4) is 0 Å². The van der Waals surface area contributed by atoms with Crippen molar-refractivity contribution in [3.8, 4) is 5.88 Å². The van der Waals surface area contributed by atoms with Gasteiger partial charge in [-0.05, 0) is 6.92 Å². The van der Waals surface area contributed by atoms with Crippen molar-refractivity contribution in [3.63, 3.8) is 0 Å². The number of carboxylic acids is 1. The summed E-state index contributed by atoms with van der Waals surface area (Å²) in [7, 11) is 0. The first-order valence-electron chi connectivity index (χ1n) is 5.11. The maximum Gasteiger partial charge on any atom is 0.344 e. The number of hydrogen-bond acceptors (Lipinski definition) is 7. The summed E-state index contributed by atoms with van der Waals surface area (Å²) in [4.78, 5) is 35.1. The number of carbonyl (C=O) groups excluding carboxylic acids is 1. The lowest BCUT2D eigenvalue weighted by Gasteiger charge is -2.05. The van der Waals surface area contributed by atoms with Gasteiger partial charge in [0, 0.05) is 12.3 Å². The van der Waals surface area contributed by atoms with Gasteiger partial charge in [-0.15, -0.1) is 0 Å². The van der Waals surface area contributed by atoms with Crippen LogP contribution in [0.2, 0.25) is 0 Å². The fourth-order valence-electron chi connectivity index (χ4n) is 1.13. The van der Waals surface area contributed by atoms with Crippen molar-refractivity contribution in [2.45, 2.75) is 6.92 Å². The molecule has 0 saturated heterocycles. The highest BCUT2D eigenvalue weighted by Crippen LogP contribution is 2.25. The highest BCUT2D eigenvalue weighted by atomic mass is 16.6. The molecule has 1 heterocycles. The maximum atomic E-state index is 11.0. The number of esters is 1. The minimum Gasteiger partial charge on any atom is -0.478 e. The molecule has 0 aromatic carbocycles. The molecule has 102 valence electrons. The van der Waals surface area contributed by atoms with Gasteiger partial charge in [0.1, 0.15) is 0 Å². The molecule has 0 aliphatic heterocycles. The zero-order chi connectivity index (χ0) is 14.4. The van der Waals surface area contributed by atoms with Gasteiger partial charge in [0.05, 0.1) is 17.1 Å². The average molecular weight is 270 g/mol. The summed E-state index contributed by atoms with van der Waals surface area (Å²) < 4.78 is 9.40. The summed E-state index contributed by atoms with van der Waals surface area (Å²) >= 11 is 0. The lowest BCUT2D eigenvalue weighted by Crippen LogP contribution is -2.16. The van der Waals surface area contributed by atoms with Gasteiger partial charge < -0.3 is 14.6 Å². The van der Waals surface area contributed by atoms with Crippen molar-refractivity contribution in [1.82, 2.24) is 4.98 Å². The molecule has 0 bridgehead atoms. The predicted molar refractivity (Wildman–Crippen MR) is 60.0 cm³/mol. The highest BCUT2D eigenvalue weighted by Gasteiger charge is 2.21. The lowest BCUT2D eigenvalue weighted by molar-refractivity contribution is -0.386. The molecule has 0 amide bonds. The van der Waals surface area contributed by atoms with Crippen LogP contribution in [-0.4, -0.2) is 40.2 Å². The number of nitro groups is 1. The smallest absolute Gasteiger partial charge is 0.344 e. The molecule has 0 aliphatic rings. The molecular formula is C10H10N2O7. The Kier molecular flexibility index (Phi) is 4.75. The second-order valence-electron chi connectivity index (χ2n) is 3.20. The highest BCUT2D eigenvalue weighted by molar-refractivity contribution is 5.88. The number of rotatable bonds is 6. The van der Waals surface area contributed by atoms with Crippen LogP contribution in [0.4, 0.5) is 5.69 Å². The number of ether oxygens (including phenoxy) is 2. The quantitative estimate of drug-likeness (QED) is 0.452. The molecule has 0 unspecified atom stereocenters. The second kappa shape index (κ2) is 6.28. The molecule has 9 nitrogen and oxygen atoms in total. The van der Waals surface area contributed by atoms with Crippen LogP contribution in [0.5, 0.6) is 5.88 Å². The first-order chi connectivity index (χ1) is 8.95. The third kappa shape index (κ3) is 3.91. The number of hydrogen-bond donors (Lipinski definition) is 1. The van der Waals surface area contributed by atoms with Crippen LogP contribution in [0.25, 0.3) is 0 Å². The van der Waals surface area contributed by atoms with Crippen molar-refractivity contribution in [2.75, 3.05) is 13.2 Å². The largest absolute Gasteiger partial charge is 0.478 e. The minimum absolute atomic E-state index is 0.148. The fraction of sp³-hybridized carbons (Fsp3) is 0.300. The Balaban J connectivity index is 2.91. The zero-order valence-corrected chi connectivity index (χ0v) is 9.86. The van der Waals surface area contributed by atoms with Gasteiger partial charge in [-0.25, -0.2) is 14.6 Å². The van der Waals surface area contributed by atoms with E-state index < -0.39 is 35.0 Å². The first-order valence-corrected chi connectivity index (χ1v) is 5.11. The molecule has 1 N–H and O–H groups in total. The van der Waals surface area contributed by atoms with Gasteiger partial charge in [-0.3, -0.25) is 10.1 Å². The van der Waals surface area contributed by atoms with Gasteiger partial charge in [0.25, 0.3) is 5.88 Å². The second-order valence-corrected chi connectivity index (χ2v) is 3.20. The van der Waals surface area contributed by atoms with E-state index in [0.717, 1.165) is 12.3 Å². The molecule has 1 aromatic rings. The van der Waals surface area contributed by atoms with Crippen molar-refractivity contribution < 1.29 is 29.1 Å². The van der Waals surface area contributed by atoms with E-state index in [1.165, 1.54) is 0 Å². The van der Waals surface area contributed by atoms with E-state index in [0.29, 0.717) is 0 Å². The summed E-state index contributed by atoms with van der Waals surface area (Å²) in [5.74, 6) is -2.50. The number of carboxylic acid groups (broad SMARTS) is 1. The van der Waals surface area contributed by atoms with E-state index >= 15 is 0 Å². The average Bonchev–Trinajstić information content (AvgIpc) is 2.36. The molecule has 19 heavy (non-hydrogen) atoms. The number of aromatic nitrogens is 1. The molecule has 0 radical (unpaired) electrons. The third-order valence-corrected chi connectivity index (χ3v) is 1.91. The van der Waals surface area contributed by atoms with Crippen molar-refractivity contribution in [2.24, 2.45) is 0 Å². The van der Waals surface area contributed by atoms with Crippen molar-refractivity contribution in [3.05, 3.63) is 27.9 Å². The van der Waals surface area contributed by atoms with Crippen LogP contribution in [0.15, 0.2) is 12.3 Å². The molecule has 0 aliphatic carbocycles. The normalized spacial score (nSPS) is 9.74. The summed E-state index contributed by atoms with van der Waals surface area (Å²) in [6.07, 6.45) is 0.899. The number of carbonyl (C=O) groups is 2. The van der Waals surface area contributed by atoms with Crippen LogP contribution < -0.4 is 4.74 Å². The lowest BCUT2D eigenvalue weighted by atomic mass is 10.2. The molecule has 0 fully saturated rings. The number of nitrogens with zero attached hydrogens (tertiary/aromatic N) is 2. The summed E-state index contributed by atoms with van der Waals surface area (Å²) in [6, 6.07) is 0.801. The van der Waals surface area contributed by atoms with Gasteiger partial charge in [0.2, 0.25) is 0 Å². The van der Waals surface area contributed by atoms with Gasteiger partial charge in [-0.2, -0.15) is 0 Å². The monoisotopic (exact) mass is 270 g/mol. The van der Waals surface area contributed by atoms with E-state index in [9.17, 15) is 19.7 Å². The fourth-order valence-corrected chi connectivity index (χ4v) is 1.13. The Labute approximate surface area is 106 Å². The van der Waals surface area contributed by atoms with E-state index in [1.807, 2.05) is 0 Å². The first kappa shape index (κ1) is 14.4. The van der Waals surface area contributed by atoms with E-state index in [2.05, 4.69) is 9.72 Å². The third-order valence-electron chi connectivity index (χ3n) is 1.91. The molecule has 1 rings (SSSR count). The van der Waals surface area contributed by atoms with Gasteiger partial charge in [-0.1, -0.05) is 0 Å². The molecule has 9 heteroatoms. The molecule has 0 atom stereocenters. The van der Waals surface area contributed by atoms with Crippen LogP contribution >= 0.6 is 0 Å². The molecular weight excluding hydrogens is 260 g/mol. The standard InChI is InChI=1S/C10H10N2O7/c1-2-18-8(13)5-19-9-7(12(16)17)3-6(4-11-9)10(14)15/h3-4H,2,5H2,1H3,(H,14,15). The summed E-state index contributed by atoms with van der Waals surface area (Å²) in [6.45, 7) is 1.20. The van der Waals surface area contributed by atoms with E-state index in [-0.39, 0.29) is 12.2 Å². The van der Waals surface area contributed by atoms with Crippen molar-refractivity contribution in [1.29, 1.82) is 0 Å². The molecule has 0 saturated carbocycles. The summed E-state index contributed by atoms with van der Waals surface area (Å²) in [5, 5.41) is 19.4. The Morgan fingerprint density at radius 2 is 2.21 bits per heavy atom. The predicted octanol–water partition coefficient (Wildman–Crippen LogP) is 0.630. The van der Waals surface area contributed by atoms with Crippen LogP contribution in [-0.2, 0) is 9.53 Å². The Hall–Kier alpha value is -2.71. The number of pyridine rings is 1. The Bertz CT molecular complexity index is 515. The van der Waals surface area contributed by atoms with Gasteiger partial charge >= 0.3 is 17.6 Å². The minimum atomic E-state index is -1.35.